The van der Waals surface area contributed by atoms with Gasteiger partial charge in [-0.3, -0.25) is 8.98 Å². The van der Waals surface area contributed by atoms with Crippen LogP contribution in [0.1, 0.15) is 27.2 Å². The molecule has 1 aliphatic rings. The van der Waals surface area contributed by atoms with Gasteiger partial charge in [0.1, 0.15) is 6.10 Å². The van der Waals surface area contributed by atoms with Crippen molar-refractivity contribution in [2.24, 2.45) is 0 Å². The fourth-order valence-electron chi connectivity index (χ4n) is 1.87. The average molecular weight is 338 g/mol. The fraction of sp³-hybridized carbons (Fsp3) is 0.923. The van der Waals surface area contributed by atoms with Crippen molar-refractivity contribution in [1.82, 2.24) is 4.90 Å². The van der Waals surface area contributed by atoms with Crippen molar-refractivity contribution < 1.29 is 21.8 Å². The van der Waals surface area contributed by atoms with Gasteiger partial charge in [-0.2, -0.15) is 8.42 Å². The maximum atomic E-state index is 12.3. The molecule has 0 N–H and O–H groups in total. The lowest BCUT2D eigenvalue weighted by atomic mass is 10.2. The largest absolute Gasteiger partial charge is 0.405 e. The lowest BCUT2D eigenvalue weighted by Gasteiger charge is -2.37. The molecule has 21 heavy (non-hydrogen) atoms. The van der Waals surface area contributed by atoms with Crippen LogP contribution in [0.25, 0.3) is 0 Å². The van der Waals surface area contributed by atoms with Gasteiger partial charge in [-0.1, -0.05) is 20.8 Å². The van der Waals surface area contributed by atoms with Crippen molar-refractivity contribution in [1.29, 1.82) is 0 Å². The molecule has 1 amide bonds. The van der Waals surface area contributed by atoms with Crippen LogP contribution in [0.3, 0.4) is 0 Å². The summed E-state index contributed by atoms with van der Waals surface area (Å²) in [5.41, 5.74) is 0. The van der Waals surface area contributed by atoms with Gasteiger partial charge in [0.05, 0.1) is 12.9 Å². The number of carbonyl (C=O) groups excluding carboxylic acids is 1. The van der Waals surface area contributed by atoms with Crippen molar-refractivity contribution in [3.8, 4) is 0 Å². The number of hydrogen-bond donors (Lipinski definition) is 0. The second-order valence-corrected chi connectivity index (χ2v) is 13.4. The zero-order valence-electron chi connectivity index (χ0n) is 13.8. The van der Waals surface area contributed by atoms with E-state index in [1.165, 1.54) is 0 Å². The fourth-order valence-corrected chi connectivity index (χ4v) is 3.53. The van der Waals surface area contributed by atoms with Crippen LogP contribution in [-0.4, -0.2) is 59.6 Å². The van der Waals surface area contributed by atoms with Gasteiger partial charge >= 0.3 is 0 Å². The summed E-state index contributed by atoms with van der Waals surface area (Å²) in [6, 6.07) is 0. The van der Waals surface area contributed by atoms with E-state index in [9.17, 15) is 13.2 Å². The molecule has 8 heteroatoms. The molecule has 6 nitrogen and oxygen atoms in total. The highest BCUT2D eigenvalue weighted by Gasteiger charge is 2.43. The second kappa shape index (κ2) is 6.35. The van der Waals surface area contributed by atoms with E-state index in [1.54, 1.807) is 4.90 Å². The maximum Gasteiger partial charge on any atom is 0.264 e. The van der Waals surface area contributed by atoms with E-state index >= 15 is 0 Å². The summed E-state index contributed by atoms with van der Waals surface area (Å²) in [5.74, 6) is -0.0584. The Bertz CT molecular complexity index is 483. The molecule has 1 atom stereocenters. The number of likely N-dealkylation sites (tertiary alicyclic amines) is 1. The van der Waals surface area contributed by atoms with Gasteiger partial charge < -0.3 is 9.33 Å². The van der Waals surface area contributed by atoms with E-state index in [0.29, 0.717) is 13.0 Å². The lowest BCUT2D eigenvalue weighted by molar-refractivity contribution is -0.134. The van der Waals surface area contributed by atoms with Crippen LogP contribution in [0.15, 0.2) is 0 Å². The highest BCUT2D eigenvalue weighted by Crippen LogP contribution is 2.38. The van der Waals surface area contributed by atoms with E-state index in [2.05, 4.69) is 38.0 Å². The zero-order valence-corrected chi connectivity index (χ0v) is 15.6. The van der Waals surface area contributed by atoms with E-state index in [0.717, 1.165) is 6.26 Å². The van der Waals surface area contributed by atoms with Crippen molar-refractivity contribution in [2.45, 2.75) is 51.4 Å². The molecule has 0 unspecified atom stereocenters. The molecule has 0 radical (unpaired) electrons. The number of carbonyl (C=O) groups is 1. The highest BCUT2D eigenvalue weighted by atomic mass is 32.2. The topological polar surface area (TPSA) is 72.9 Å². The van der Waals surface area contributed by atoms with E-state index < -0.39 is 24.5 Å². The quantitative estimate of drug-likeness (QED) is 0.543. The van der Waals surface area contributed by atoms with E-state index in [-0.39, 0.29) is 24.1 Å². The molecule has 124 valence electrons. The molecular weight excluding hydrogens is 310 g/mol. The minimum absolute atomic E-state index is 0.00259. The Morgan fingerprint density at radius 3 is 2.38 bits per heavy atom. The van der Waals surface area contributed by atoms with Crippen LogP contribution in [0.4, 0.5) is 0 Å². The first kappa shape index (κ1) is 18.6. The second-order valence-electron chi connectivity index (χ2n) is 7.01. The normalized spacial score (nSPS) is 21.1. The number of hydrogen-bond acceptors (Lipinski definition) is 5. The summed E-state index contributed by atoms with van der Waals surface area (Å²) in [7, 11) is -5.43. The van der Waals surface area contributed by atoms with Gasteiger partial charge in [-0.25, -0.2) is 0 Å². The van der Waals surface area contributed by atoms with Crippen LogP contribution in [0.5, 0.6) is 0 Å². The predicted octanol–water partition coefficient (Wildman–Crippen LogP) is 1.59. The van der Waals surface area contributed by atoms with Crippen LogP contribution in [-0.2, 0) is 23.5 Å². The standard InChI is InChI=1S/C13H27NO5SSi/c1-13(2,3)21(5,6)19-11-7-8-14(12(11)15)9-10-18-20(4,16)17/h11H,7-10H2,1-6H3/t11-/m0/s1. The summed E-state index contributed by atoms with van der Waals surface area (Å²) in [6.07, 6.45) is 1.26. The third-order valence-electron chi connectivity index (χ3n) is 4.15. The minimum atomic E-state index is -3.46. The molecule has 0 aliphatic carbocycles. The van der Waals surface area contributed by atoms with Gasteiger partial charge in [0.15, 0.2) is 8.32 Å². The monoisotopic (exact) mass is 337 g/mol. The first-order valence-electron chi connectivity index (χ1n) is 7.14. The first-order valence-corrected chi connectivity index (χ1v) is 11.9. The van der Waals surface area contributed by atoms with Crippen molar-refractivity contribution >= 4 is 24.3 Å². The number of nitrogens with zero attached hydrogens (tertiary/aromatic N) is 1. The molecule has 1 heterocycles. The number of rotatable bonds is 6. The molecule has 1 aliphatic heterocycles. The third kappa shape index (κ3) is 5.35. The van der Waals surface area contributed by atoms with Crippen LogP contribution >= 0.6 is 0 Å². The number of amides is 1. The smallest absolute Gasteiger partial charge is 0.264 e. The Morgan fingerprint density at radius 2 is 1.90 bits per heavy atom. The molecular formula is C13H27NO5SSi. The molecule has 0 aromatic carbocycles. The lowest BCUT2D eigenvalue weighted by Crippen LogP contribution is -2.46. The molecule has 0 aromatic rings. The van der Waals surface area contributed by atoms with Gasteiger partial charge in [-0.15, -0.1) is 0 Å². The summed E-state index contributed by atoms with van der Waals surface area (Å²) >= 11 is 0. The van der Waals surface area contributed by atoms with E-state index in [1.807, 2.05) is 0 Å². The van der Waals surface area contributed by atoms with Crippen LogP contribution in [0.2, 0.25) is 18.1 Å². The summed E-state index contributed by atoms with van der Waals surface area (Å²) in [4.78, 5) is 13.9. The Hall–Kier alpha value is -0.443. The molecule has 1 saturated heterocycles. The third-order valence-corrected chi connectivity index (χ3v) is 9.23. The van der Waals surface area contributed by atoms with Gasteiger partial charge in [0.25, 0.3) is 16.0 Å². The Morgan fingerprint density at radius 1 is 1.33 bits per heavy atom. The summed E-state index contributed by atoms with van der Waals surface area (Å²) < 4.78 is 32.6. The Balaban J connectivity index is 2.54. The van der Waals surface area contributed by atoms with Crippen LogP contribution in [0, 0.1) is 0 Å². The molecule has 1 fully saturated rings. The summed E-state index contributed by atoms with van der Waals surface area (Å²) in [5, 5.41) is 0.0557. The zero-order chi connectivity index (χ0) is 16.5. The molecule has 0 spiro atoms. The highest BCUT2D eigenvalue weighted by molar-refractivity contribution is 7.85. The molecule has 0 bridgehead atoms. The van der Waals surface area contributed by atoms with Gasteiger partial charge in [0, 0.05) is 13.1 Å². The van der Waals surface area contributed by atoms with Gasteiger partial charge in [-0.05, 0) is 24.6 Å². The average Bonchev–Trinajstić information content (AvgIpc) is 2.57. The Labute approximate surface area is 129 Å². The Kier molecular flexibility index (Phi) is 5.63. The summed E-state index contributed by atoms with van der Waals surface area (Å²) in [6.45, 7) is 11.5. The van der Waals surface area contributed by atoms with Crippen molar-refractivity contribution in [3.05, 3.63) is 0 Å². The first-order chi connectivity index (χ1) is 9.33. The van der Waals surface area contributed by atoms with Crippen molar-refractivity contribution in [2.75, 3.05) is 26.0 Å². The predicted molar refractivity (Wildman–Crippen MR) is 84.1 cm³/mol. The molecule has 0 saturated carbocycles. The van der Waals surface area contributed by atoms with Crippen LogP contribution < -0.4 is 0 Å². The van der Waals surface area contributed by atoms with Crippen molar-refractivity contribution in [3.63, 3.8) is 0 Å². The maximum absolute atomic E-state index is 12.3. The molecule has 1 rings (SSSR count). The minimum Gasteiger partial charge on any atom is -0.405 e. The van der Waals surface area contributed by atoms with E-state index in [4.69, 9.17) is 4.43 Å². The SMILES string of the molecule is CC(C)(C)[Si](C)(C)O[C@H]1CCN(CCOS(C)(=O)=O)C1=O. The van der Waals surface area contributed by atoms with Gasteiger partial charge in [0.2, 0.25) is 0 Å². The molecule has 0 aromatic heterocycles.